The van der Waals surface area contributed by atoms with Gasteiger partial charge in [-0.05, 0) is 13.0 Å². The molecule has 4 nitrogen and oxygen atoms in total. The van der Waals surface area contributed by atoms with E-state index in [4.69, 9.17) is 14.2 Å². The van der Waals surface area contributed by atoms with Crippen LogP contribution in [-0.2, 0) is 9.47 Å². The number of rotatable bonds is 8. The van der Waals surface area contributed by atoms with Gasteiger partial charge in [0.1, 0.15) is 6.61 Å². The van der Waals surface area contributed by atoms with Gasteiger partial charge >= 0.3 is 0 Å². The summed E-state index contributed by atoms with van der Waals surface area (Å²) >= 11 is 0. The zero-order valence-electron chi connectivity index (χ0n) is 8.94. The maximum Gasteiger partial charge on any atom is 0.213 e. The van der Waals surface area contributed by atoms with Gasteiger partial charge in [0.15, 0.2) is 0 Å². The molecule has 1 aromatic rings. The lowest BCUT2D eigenvalue weighted by Crippen LogP contribution is -2.11. The molecule has 0 aromatic carbocycles. The molecule has 0 bridgehead atoms. The summed E-state index contributed by atoms with van der Waals surface area (Å²) < 4.78 is 15.7. The van der Waals surface area contributed by atoms with Crippen LogP contribution < -0.4 is 4.74 Å². The van der Waals surface area contributed by atoms with Crippen molar-refractivity contribution in [1.29, 1.82) is 0 Å². The Morgan fingerprint density at radius 1 is 1.20 bits per heavy atom. The van der Waals surface area contributed by atoms with Gasteiger partial charge in [-0.15, -0.1) is 0 Å². The van der Waals surface area contributed by atoms with Crippen molar-refractivity contribution in [3.63, 3.8) is 0 Å². The summed E-state index contributed by atoms with van der Waals surface area (Å²) in [4.78, 5) is 3.97. The minimum Gasteiger partial charge on any atom is -0.475 e. The summed E-state index contributed by atoms with van der Waals surface area (Å²) in [6, 6.07) is 6.34. The molecule has 0 aliphatic carbocycles. The second kappa shape index (κ2) is 8.20. The first kappa shape index (κ1) is 11.9. The van der Waals surface area contributed by atoms with Gasteiger partial charge in [-0.3, -0.25) is 0 Å². The molecule has 0 saturated heterocycles. The topological polar surface area (TPSA) is 40.6 Å². The van der Waals surface area contributed by atoms with Crippen molar-refractivity contribution in [2.45, 2.75) is 6.92 Å². The van der Waals surface area contributed by atoms with Crippen LogP contribution in [0.4, 0.5) is 0 Å². The van der Waals surface area contributed by atoms with Gasteiger partial charge < -0.3 is 14.2 Å². The van der Waals surface area contributed by atoms with E-state index in [-0.39, 0.29) is 0 Å². The predicted octanol–water partition coefficient (Wildman–Crippen LogP) is 1.31. The van der Waals surface area contributed by atoms with Crippen molar-refractivity contribution in [2.24, 2.45) is 0 Å². The monoisotopic (exact) mass is 210 g/mol. The second-order valence-corrected chi connectivity index (χ2v) is 2.75. The molecule has 0 amide bonds. The van der Waals surface area contributed by atoms with Gasteiger partial charge in [0, 0.05) is 24.9 Å². The third kappa shape index (κ3) is 6.04. The lowest BCUT2D eigenvalue weighted by Gasteiger charge is -2.05. The van der Waals surface area contributed by atoms with Gasteiger partial charge in [0.2, 0.25) is 5.88 Å². The van der Waals surface area contributed by atoms with E-state index in [2.05, 4.69) is 11.1 Å². The van der Waals surface area contributed by atoms with Crippen molar-refractivity contribution in [2.75, 3.05) is 33.0 Å². The number of nitrogens with zero attached hydrogens (tertiary/aromatic N) is 1. The highest BCUT2D eigenvalue weighted by atomic mass is 16.5. The molecule has 1 heterocycles. The Morgan fingerprint density at radius 2 is 2.00 bits per heavy atom. The van der Waals surface area contributed by atoms with Crippen LogP contribution >= 0.6 is 0 Å². The minimum atomic E-state index is 0.503. The number of aromatic nitrogens is 1. The first-order chi connectivity index (χ1) is 7.43. The third-order valence-electron chi connectivity index (χ3n) is 1.64. The molecule has 0 aliphatic heterocycles. The van der Waals surface area contributed by atoms with E-state index >= 15 is 0 Å². The van der Waals surface area contributed by atoms with Crippen LogP contribution in [-0.4, -0.2) is 38.0 Å². The van der Waals surface area contributed by atoms with E-state index in [0.717, 1.165) is 6.61 Å². The average molecular weight is 210 g/mol. The van der Waals surface area contributed by atoms with Crippen molar-refractivity contribution >= 4 is 0 Å². The summed E-state index contributed by atoms with van der Waals surface area (Å²) in [5.74, 6) is 0.599. The predicted molar refractivity (Wildman–Crippen MR) is 55.9 cm³/mol. The lowest BCUT2D eigenvalue weighted by molar-refractivity contribution is 0.0399. The molecule has 0 saturated carbocycles. The van der Waals surface area contributed by atoms with Crippen molar-refractivity contribution in [1.82, 2.24) is 4.98 Å². The van der Waals surface area contributed by atoms with Gasteiger partial charge in [-0.1, -0.05) is 0 Å². The maximum absolute atomic E-state index is 5.32. The van der Waals surface area contributed by atoms with E-state index in [1.54, 1.807) is 18.3 Å². The zero-order valence-corrected chi connectivity index (χ0v) is 8.94. The summed E-state index contributed by atoms with van der Waals surface area (Å²) in [6.45, 7) is 4.98. The van der Waals surface area contributed by atoms with E-state index in [0.29, 0.717) is 32.3 Å². The van der Waals surface area contributed by atoms with Crippen LogP contribution in [0.5, 0.6) is 5.88 Å². The first-order valence-corrected chi connectivity index (χ1v) is 5.04. The summed E-state index contributed by atoms with van der Waals surface area (Å²) in [5.41, 5.74) is 0. The fraction of sp³-hybridized carbons (Fsp3) is 0.545. The molecule has 0 fully saturated rings. The number of hydrogen-bond donors (Lipinski definition) is 0. The molecule has 1 radical (unpaired) electrons. The molecular formula is C11H16NO3. The summed E-state index contributed by atoms with van der Waals surface area (Å²) in [5, 5.41) is 0. The lowest BCUT2D eigenvalue weighted by atomic mass is 10.5. The Labute approximate surface area is 90.2 Å². The Bertz CT molecular complexity index is 241. The highest BCUT2D eigenvalue weighted by Crippen LogP contribution is 2.01. The van der Waals surface area contributed by atoms with Crippen LogP contribution in [0.25, 0.3) is 0 Å². The maximum atomic E-state index is 5.32. The largest absolute Gasteiger partial charge is 0.475 e. The van der Waals surface area contributed by atoms with Gasteiger partial charge in [-0.25, -0.2) is 4.98 Å². The molecule has 1 rings (SSSR count). The number of pyridine rings is 1. The van der Waals surface area contributed by atoms with E-state index in [1.807, 2.05) is 6.92 Å². The van der Waals surface area contributed by atoms with Crippen LogP contribution in [0.15, 0.2) is 18.3 Å². The molecule has 0 aliphatic rings. The van der Waals surface area contributed by atoms with Crippen molar-refractivity contribution < 1.29 is 14.2 Å². The quantitative estimate of drug-likeness (QED) is 0.607. The van der Waals surface area contributed by atoms with Crippen LogP contribution in [0, 0.1) is 6.07 Å². The molecule has 0 unspecified atom stereocenters. The minimum absolute atomic E-state index is 0.503. The summed E-state index contributed by atoms with van der Waals surface area (Å²) in [6.07, 6.45) is 1.57. The standard InChI is InChI=1S/C11H16NO3/c1-2-13-7-8-14-9-10-15-11-5-3-4-6-12-11/h3,5-6H,2,7-10H2,1H3. The molecular weight excluding hydrogens is 194 g/mol. The highest BCUT2D eigenvalue weighted by Gasteiger charge is 1.93. The zero-order chi connectivity index (χ0) is 10.8. The number of hydrogen-bond acceptors (Lipinski definition) is 4. The van der Waals surface area contributed by atoms with Crippen molar-refractivity contribution in [3.8, 4) is 5.88 Å². The normalized spacial score (nSPS) is 10.2. The average Bonchev–Trinajstić information content (AvgIpc) is 2.29. The molecule has 0 atom stereocenters. The van der Waals surface area contributed by atoms with Crippen LogP contribution in [0.3, 0.4) is 0 Å². The molecule has 83 valence electrons. The highest BCUT2D eigenvalue weighted by molar-refractivity contribution is 5.08. The molecule has 0 N–H and O–H groups in total. The van der Waals surface area contributed by atoms with E-state index < -0.39 is 0 Å². The van der Waals surface area contributed by atoms with Gasteiger partial charge in [0.25, 0.3) is 0 Å². The molecule has 4 heteroatoms. The van der Waals surface area contributed by atoms with Gasteiger partial charge in [0.05, 0.1) is 19.8 Å². The third-order valence-corrected chi connectivity index (χ3v) is 1.64. The Balaban J connectivity index is 1.93. The molecule has 0 spiro atoms. The van der Waals surface area contributed by atoms with Crippen LogP contribution in [0.1, 0.15) is 6.92 Å². The Hall–Kier alpha value is -1.13. The van der Waals surface area contributed by atoms with Crippen molar-refractivity contribution in [3.05, 3.63) is 24.4 Å². The van der Waals surface area contributed by atoms with E-state index in [1.165, 1.54) is 0 Å². The Morgan fingerprint density at radius 3 is 2.73 bits per heavy atom. The SMILES string of the molecule is CCOCCOCCOc1cc[c]cn1. The fourth-order valence-electron chi connectivity index (χ4n) is 0.961. The Kier molecular flexibility index (Phi) is 6.53. The number of ether oxygens (including phenoxy) is 3. The molecule has 1 aromatic heterocycles. The van der Waals surface area contributed by atoms with E-state index in [9.17, 15) is 0 Å². The fourth-order valence-corrected chi connectivity index (χ4v) is 0.961. The van der Waals surface area contributed by atoms with Crippen LogP contribution in [0.2, 0.25) is 0 Å². The smallest absolute Gasteiger partial charge is 0.213 e. The second-order valence-electron chi connectivity index (χ2n) is 2.75. The first-order valence-electron chi connectivity index (χ1n) is 5.04. The summed E-state index contributed by atoms with van der Waals surface area (Å²) in [7, 11) is 0. The van der Waals surface area contributed by atoms with Gasteiger partial charge in [-0.2, -0.15) is 0 Å². The molecule has 15 heavy (non-hydrogen) atoms.